The first-order valence-electron chi connectivity index (χ1n) is 7.09. The van der Waals surface area contributed by atoms with E-state index in [9.17, 15) is 0 Å². The van der Waals surface area contributed by atoms with Gasteiger partial charge in [0.15, 0.2) is 0 Å². The van der Waals surface area contributed by atoms with Crippen LogP contribution in [0.5, 0.6) is 0 Å². The van der Waals surface area contributed by atoms with Gasteiger partial charge in [0.05, 0.1) is 6.04 Å². The molecule has 1 saturated carbocycles. The van der Waals surface area contributed by atoms with Crippen molar-refractivity contribution in [1.29, 1.82) is 0 Å². The molecule has 0 bridgehead atoms. The molecule has 102 valence electrons. The molecule has 2 nitrogen and oxygen atoms in total. The molecule has 1 aromatic rings. The SMILES string of the molecule is Cc1ccsc1C(C(C)N)N(C)CC1CCCC1. The molecule has 0 aliphatic heterocycles. The number of aryl methyl sites for hydroxylation is 1. The summed E-state index contributed by atoms with van der Waals surface area (Å²) in [6.45, 7) is 5.53. The second kappa shape index (κ2) is 6.18. The molecule has 2 atom stereocenters. The Bertz CT molecular complexity index is 366. The third-order valence-corrected chi connectivity index (χ3v) is 5.25. The highest BCUT2D eigenvalue weighted by Gasteiger charge is 2.26. The minimum atomic E-state index is 0.189. The van der Waals surface area contributed by atoms with E-state index in [0.717, 1.165) is 5.92 Å². The largest absolute Gasteiger partial charge is 0.326 e. The summed E-state index contributed by atoms with van der Waals surface area (Å²) < 4.78 is 0. The van der Waals surface area contributed by atoms with Gasteiger partial charge in [-0.1, -0.05) is 12.8 Å². The van der Waals surface area contributed by atoms with Crippen molar-refractivity contribution in [3.05, 3.63) is 21.9 Å². The fourth-order valence-electron chi connectivity index (χ4n) is 3.24. The van der Waals surface area contributed by atoms with Crippen molar-refractivity contribution in [2.45, 2.75) is 51.6 Å². The van der Waals surface area contributed by atoms with E-state index < -0.39 is 0 Å². The van der Waals surface area contributed by atoms with Crippen LogP contribution in [-0.4, -0.2) is 24.5 Å². The number of thiophene rings is 1. The molecule has 3 heteroatoms. The number of hydrogen-bond donors (Lipinski definition) is 1. The number of nitrogens with two attached hydrogens (primary N) is 1. The maximum atomic E-state index is 6.24. The van der Waals surface area contributed by atoms with Crippen LogP contribution in [0, 0.1) is 12.8 Å². The Balaban J connectivity index is 2.07. The number of rotatable bonds is 5. The Morgan fingerprint density at radius 2 is 2.11 bits per heavy atom. The van der Waals surface area contributed by atoms with Gasteiger partial charge in [-0.05, 0) is 56.7 Å². The number of hydrogen-bond acceptors (Lipinski definition) is 3. The molecule has 0 radical (unpaired) electrons. The number of nitrogens with zero attached hydrogens (tertiary/aromatic N) is 1. The lowest BCUT2D eigenvalue weighted by Gasteiger charge is -2.32. The van der Waals surface area contributed by atoms with E-state index in [1.165, 1.54) is 42.7 Å². The third-order valence-electron chi connectivity index (χ3n) is 4.16. The predicted molar refractivity (Wildman–Crippen MR) is 80.0 cm³/mol. The third kappa shape index (κ3) is 3.14. The molecule has 18 heavy (non-hydrogen) atoms. The zero-order valence-corrected chi connectivity index (χ0v) is 12.7. The maximum Gasteiger partial charge on any atom is 0.0591 e. The summed E-state index contributed by atoms with van der Waals surface area (Å²) >= 11 is 1.85. The lowest BCUT2D eigenvalue weighted by molar-refractivity contribution is 0.190. The van der Waals surface area contributed by atoms with Crippen molar-refractivity contribution in [3.63, 3.8) is 0 Å². The van der Waals surface area contributed by atoms with Gasteiger partial charge in [-0.3, -0.25) is 4.90 Å². The first kappa shape index (κ1) is 14.0. The number of likely N-dealkylation sites (N-methyl/N-ethyl adjacent to an activating group) is 1. The fourth-order valence-corrected chi connectivity index (χ4v) is 4.45. The zero-order chi connectivity index (χ0) is 13.1. The minimum Gasteiger partial charge on any atom is -0.326 e. The molecule has 1 aromatic heterocycles. The predicted octanol–water partition coefficient (Wildman–Crippen LogP) is 3.57. The molecule has 2 rings (SSSR count). The van der Waals surface area contributed by atoms with Gasteiger partial charge in [0.2, 0.25) is 0 Å². The van der Waals surface area contributed by atoms with Crippen LogP contribution >= 0.6 is 11.3 Å². The monoisotopic (exact) mass is 266 g/mol. The molecule has 1 heterocycles. The van der Waals surface area contributed by atoms with E-state index in [1.807, 2.05) is 11.3 Å². The summed E-state index contributed by atoms with van der Waals surface area (Å²) in [5, 5.41) is 2.18. The molecule has 2 unspecified atom stereocenters. The van der Waals surface area contributed by atoms with Gasteiger partial charge in [0.25, 0.3) is 0 Å². The van der Waals surface area contributed by atoms with Crippen molar-refractivity contribution in [2.24, 2.45) is 11.7 Å². The average molecular weight is 266 g/mol. The Morgan fingerprint density at radius 3 is 2.61 bits per heavy atom. The Kier molecular flexibility index (Phi) is 4.82. The van der Waals surface area contributed by atoms with Gasteiger partial charge in [0, 0.05) is 17.5 Å². The van der Waals surface area contributed by atoms with E-state index in [1.54, 1.807) is 0 Å². The first-order chi connectivity index (χ1) is 8.59. The molecule has 2 N–H and O–H groups in total. The van der Waals surface area contributed by atoms with E-state index in [0.29, 0.717) is 6.04 Å². The normalized spacial score (nSPS) is 20.5. The highest BCUT2D eigenvalue weighted by atomic mass is 32.1. The highest BCUT2D eigenvalue weighted by molar-refractivity contribution is 7.10. The van der Waals surface area contributed by atoms with Gasteiger partial charge in [-0.25, -0.2) is 0 Å². The lowest BCUT2D eigenvalue weighted by Crippen LogP contribution is -2.39. The van der Waals surface area contributed by atoms with E-state index in [2.05, 4.69) is 37.2 Å². The molecular weight excluding hydrogens is 240 g/mol. The summed E-state index contributed by atoms with van der Waals surface area (Å²) in [6, 6.07) is 2.78. The van der Waals surface area contributed by atoms with Crippen LogP contribution in [0.1, 0.15) is 49.1 Å². The highest BCUT2D eigenvalue weighted by Crippen LogP contribution is 2.33. The Labute approximate surface area is 115 Å². The Hall–Kier alpha value is -0.380. The van der Waals surface area contributed by atoms with Crippen molar-refractivity contribution in [1.82, 2.24) is 4.90 Å². The Morgan fingerprint density at radius 1 is 1.44 bits per heavy atom. The molecule has 1 aliphatic rings. The molecule has 0 aromatic carbocycles. The smallest absolute Gasteiger partial charge is 0.0591 e. The van der Waals surface area contributed by atoms with Crippen molar-refractivity contribution >= 4 is 11.3 Å². The zero-order valence-electron chi connectivity index (χ0n) is 11.9. The molecule has 0 spiro atoms. The molecule has 1 aliphatic carbocycles. The molecular formula is C15H26N2S. The van der Waals surface area contributed by atoms with Crippen LogP contribution in [0.3, 0.4) is 0 Å². The van der Waals surface area contributed by atoms with Gasteiger partial charge >= 0.3 is 0 Å². The maximum absolute atomic E-state index is 6.24. The van der Waals surface area contributed by atoms with E-state index in [-0.39, 0.29) is 6.04 Å². The summed E-state index contributed by atoms with van der Waals surface area (Å²) in [7, 11) is 2.24. The summed E-state index contributed by atoms with van der Waals surface area (Å²) in [5.74, 6) is 0.886. The van der Waals surface area contributed by atoms with Gasteiger partial charge < -0.3 is 5.73 Å². The van der Waals surface area contributed by atoms with Gasteiger partial charge in [-0.15, -0.1) is 11.3 Å². The lowest BCUT2D eigenvalue weighted by atomic mass is 10.0. The van der Waals surface area contributed by atoms with Crippen LogP contribution in [-0.2, 0) is 0 Å². The van der Waals surface area contributed by atoms with E-state index in [4.69, 9.17) is 5.73 Å². The summed E-state index contributed by atoms with van der Waals surface area (Å²) in [4.78, 5) is 3.94. The molecule has 1 fully saturated rings. The van der Waals surface area contributed by atoms with Crippen molar-refractivity contribution in [2.75, 3.05) is 13.6 Å². The van der Waals surface area contributed by atoms with E-state index >= 15 is 0 Å². The molecule has 0 amide bonds. The summed E-state index contributed by atoms with van der Waals surface area (Å²) in [5.41, 5.74) is 7.63. The van der Waals surface area contributed by atoms with Gasteiger partial charge in [-0.2, -0.15) is 0 Å². The van der Waals surface area contributed by atoms with Crippen LogP contribution in [0.4, 0.5) is 0 Å². The van der Waals surface area contributed by atoms with Crippen LogP contribution < -0.4 is 5.73 Å². The van der Waals surface area contributed by atoms with Gasteiger partial charge in [0.1, 0.15) is 0 Å². The minimum absolute atomic E-state index is 0.189. The second-order valence-corrected chi connectivity index (χ2v) is 6.81. The quantitative estimate of drug-likeness (QED) is 0.883. The fraction of sp³-hybridized carbons (Fsp3) is 0.733. The van der Waals surface area contributed by atoms with Crippen LogP contribution in [0.2, 0.25) is 0 Å². The topological polar surface area (TPSA) is 29.3 Å². The second-order valence-electron chi connectivity index (χ2n) is 5.86. The summed E-state index contributed by atoms with van der Waals surface area (Å²) in [6.07, 6.45) is 5.64. The molecule has 0 saturated heterocycles. The standard InChI is InChI=1S/C15H26N2S/c1-11-8-9-18-15(11)14(12(2)16)17(3)10-13-6-4-5-7-13/h8-9,12-14H,4-7,10,16H2,1-3H3. The first-order valence-corrected chi connectivity index (χ1v) is 7.97. The van der Waals surface area contributed by atoms with Crippen molar-refractivity contribution < 1.29 is 0 Å². The average Bonchev–Trinajstić information content (AvgIpc) is 2.91. The van der Waals surface area contributed by atoms with Crippen molar-refractivity contribution in [3.8, 4) is 0 Å². The van der Waals surface area contributed by atoms with Crippen LogP contribution in [0.25, 0.3) is 0 Å². The van der Waals surface area contributed by atoms with Crippen LogP contribution in [0.15, 0.2) is 11.4 Å².